The van der Waals surface area contributed by atoms with Crippen molar-refractivity contribution in [2.24, 2.45) is 0 Å². The maximum atomic E-state index is 8.92. The Morgan fingerprint density at radius 1 is 1.53 bits per heavy atom. The highest BCUT2D eigenvalue weighted by Gasteiger charge is 2.23. The predicted molar refractivity (Wildman–Crippen MR) is 59.1 cm³/mol. The number of fused-ring (bicyclic) bond motifs is 1. The highest BCUT2D eigenvalue weighted by Crippen LogP contribution is 2.32. The van der Waals surface area contributed by atoms with Gasteiger partial charge in [-0.05, 0) is 25.0 Å². The molecule has 1 heterocycles. The predicted octanol–water partition coefficient (Wildman–Crippen LogP) is 1.97. The number of benzene rings is 1. The minimum Gasteiger partial charge on any atom is -0.497 e. The summed E-state index contributed by atoms with van der Waals surface area (Å²) >= 11 is 0. The third-order valence-corrected chi connectivity index (χ3v) is 2.88. The number of nitrogens with zero attached hydrogens (tertiary/aromatic N) is 2. The highest BCUT2D eigenvalue weighted by atomic mass is 16.5. The SMILES string of the molecule is COc1ccc2c(c1)N(C(C)C#N)CC2. The van der Waals surface area contributed by atoms with Crippen molar-refractivity contribution < 1.29 is 4.74 Å². The lowest BCUT2D eigenvalue weighted by molar-refractivity contribution is 0.415. The van der Waals surface area contributed by atoms with Crippen molar-refractivity contribution >= 4 is 5.69 Å². The van der Waals surface area contributed by atoms with E-state index in [1.165, 1.54) is 5.56 Å². The lowest BCUT2D eigenvalue weighted by atomic mass is 10.1. The zero-order valence-electron chi connectivity index (χ0n) is 9.03. The van der Waals surface area contributed by atoms with Gasteiger partial charge in [0.05, 0.1) is 13.2 Å². The van der Waals surface area contributed by atoms with Crippen LogP contribution in [0.4, 0.5) is 5.69 Å². The van der Waals surface area contributed by atoms with Crippen molar-refractivity contribution in [2.45, 2.75) is 19.4 Å². The van der Waals surface area contributed by atoms with E-state index in [1.54, 1.807) is 7.11 Å². The van der Waals surface area contributed by atoms with Crippen LogP contribution in [0.2, 0.25) is 0 Å². The van der Waals surface area contributed by atoms with Crippen LogP contribution < -0.4 is 9.64 Å². The third kappa shape index (κ3) is 1.63. The summed E-state index contributed by atoms with van der Waals surface area (Å²) in [5.41, 5.74) is 2.45. The number of methoxy groups -OCH3 is 1. The molecular weight excluding hydrogens is 188 g/mol. The van der Waals surface area contributed by atoms with Crippen LogP contribution in [-0.4, -0.2) is 19.7 Å². The first-order valence-electron chi connectivity index (χ1n) is 5.09. The minimum absolute atomic E-state index is 0.0710. The molecule has 0 amide bonds. The quantitative estimate of drug-likeness (QED) is 0.735. The molecule has 1 aromatic carbocycles. The molecule has 0 N–H and O–H groups in total. The number of nitriles is 1. The van der Waals surface area contributed by atoms with Crippen molar-refractivity contribution in [3.63, 3.8) is 0 Å². The molecule has 15 heavy (non-hydrogen) atoms. The zero-order valence-corrected chi connectivity index (χ0v) is 9.03. The molecule has 0 saturated heterocycles. The molecule has 3 heteroatoms. The molecule has 1 aromatic rings. The van der Waals surface area contributed by atoms with Crippen molar-refractivity contribution in [3.8, 4) is 11.8 Å². The van der Waals surface area contributed by atoms with E-state index in [2.05, 4.69) is 17.0 Å². The molecule has 3 nitrogen and oxygen atoms in total. The zero-order chi connectivity index (χ0) is 10.8. The molecule has 1 aliphatic rings. The van der Waals surface area contributed by atoms with E-state index in [9.17, 15) is 0 Å². The minimum atomic E-state index is -0.0710. The molecule has 0 bridgehead atoms. The van der Waals surface area contributed by atoms with Gasteiger partial charge in [-0.1, -0.05) is 6.07 Å². The van der Waals surface area contributed by atoms with Crippen LogP contribution in [-0.2, 0) is 6.42 Å². The molecule has 0 radical (unpaired) electrons. The molecule has 1 aliphatic heterocycles. The number of rotatable bonds is 2. The number of hydrogen-bond donors (Lipinski definition) is 0. The summed E-state index contributed by atoms with van der Waals surface area (Å²) in [6, 6.07) is 8.26. The summed E-state index contributed by atoms with van der Waals surface area (Å²) in [5.74, 6) is 0.853. The third-order valence-electron chi connectivity index (χ3n) is 2.88. The van der Waals surface area contributed by atoms with Gasteiger partial charge in [0.25, 0.3) is 0 Å². The first-order valence-corrected chi connectivity index (χ1v) is 5.09. The Morgan fingerprint density at radius 2 is 2.33 bits per heavy atom. The van der Waals surface area contributed by atoms with Gasteiger partial charge in [0.1, 0.15) is 11.8 Å². The first kappa shape index (κ1) is 9.85. The normalized spacial score (nSPS) is 15.7. The Morgan fingerprint density at radius 3 is 3.00 bits per heavy atom. The van der Waals surface area contributed by atoms with Crippen molar-refractivity contribution in [1.82, 2.24) is 0 Å². The standard InChI is InChI=1S/C12H14N2O/c1-9(8-13)14-6-5-10-3-4-11(15-2)7-12(10)14/h3-4,7,9H,5-6H2,1-2H3. The van der Waals surface area contributed by atoms with E-state index in [0.717, 1.165) is 24.4 Å². The van der Waals surface area contributed by atoms with E-state index in [-0.39, 0.29) is 6.04 Å². The van der Waals surface area contributed by atoms with Gasteiger partial charge in [-0.2, -0.15) is 5.26 Å². The van der Waals surface area contributed by atoms with Gasteiger partial charge in [0.2, 0.25) is 0 Å². The van der Waals surface area contributed by atoms with Crippen molar-refractivity contribution in [1.29, 1.82) is 5.26 Å². The lowest BCUT2D eigenvalue weighted by Crippen LogP contribution is -2.29. The summed E-state index contributed by atoms with van der Waals surface area (Å²) in [5, 5.41) is 8.92. The van der Waals surface area contributed by atoms with E-state index >= 15 is 0 Å². The van der Waals surface area contributed by atoms with Crippen LogP contribution >= 0.6 is 0 Å². The van der Waals surface area contributed by atoms with Crippen LogP contribution in [0.5, 0.6) is 5.75 Å². The fourth-order valence-electron chi connectivity index (χ4n) is 1.98. The Hall–Kier alpha value is -1.69. The molecule has 0 saturated carbocycles. The van der Waals surface area contributed by atoms with Crippen LogP contribution in [0, 0.1) is 11.3 Å². The monoisotopic (exact) mass is 202 g/mol. The van der Waals surface area contributed by atoms with Crippen LogP contribution in [0.1, 0.15) is 12.5 Å². The molecule has 78 valence electrons. The van der Waals surface area contributed by atoms with Crippen molar-refractivity contribution in [3.05, 3.63) is 23.8 Å². The summed E-state index contributed by atoms with van der Waals surface area (Å²) < 4.78 is 5.19. The van der Waals surface area contributed by atoms with Crippen LogP contribution in [0.15, 0.2) is 18.2 Å². The second-order valence-corrected chi connectivity index (χ2v) is 3.74. The first-order chi connectivity index (χ1) is 7.26. The smallest absolute Gasteiger partial charge is 0.120 e. The molecule has 0 fully saturated rings. The van der Waals surface area contributed by atoms with E-state index in [1.807, 2.05) is 19.1 Å². The van der Waals surface area contributed by atoms with E-state index < -0.39 is 0 Å². The summed E-state index contributed by atoms with van der Waals surface area (Å²) in [6.45, 7) is 2.85. The molecule has 0 aromatic heterocycles. The van der Waals surface area contributed by atoms with Crippen LogP contribution in [0.3, 0.4) is 0 Å². The fourth-order valence-corrected chi connectivity index (χ4v) is 1.98. The molecule has 0 aliphatic carbocycles. The van der Waals surface area contributed by atoms with Gasteiger partial charge in [-0.15, -0.1) is 0 Å². The second-order valence-electron chi connectivity index (χ2n) is 3.74. The maximum Gasteiger partial charge on any atom is 0.120 e. The summed E-state index contributed by atoms with van der Waals surface area (Å²) in [6.07, 6.45) is 1.02. The van der Waals surface area contributed by atoms with Gasteiger partial charge >= 0.3 is 0 Å². The summed E-state index contributed by atoms with van der Waals surface area (Å²) in [4.78, 5) is 2.12. The average Bonchev–Trinajstić information content (AvgIpc) is 2.70. The van der Waals surface area contributed by atoms with E-state index in [0.29, 0.717) is 0 Å². The Balaban J connectivity index is 2.36. The fraction of sp³-hybridized carbons (Fsp3) is 0.417. The highest BCUT2D eigenvalue weighted by molar-refractivity contribution is 5.62. The van der Waals surface area contributed by atoms with Crippen molar-refractivity contribution in [2.75, 3.05) is 18.6 Å². The average molecular weight is 202 g/mol. The Bertz CT molecular complexity index is 409. The van der Waals surface area contributed by atoms with Gasteiger partial charge in [0.15, 0.2) is 0 Å². The molecule has 1 unspecified atom stereocenters. The lowest BCUT2D eigenvalue weighted by Gasteiger charge is -2.21. The van der Waals surface area contributed by atoms with Gasteiger partial charge in [-0.3, -0.25) is 0 Å². The molecule has 2 rings (SSSR count). The second kappa shape index (κ2) is 3.82. The number of anilines is 1. The molecular formula is C12H14N2O. The maximum absolute atomic E-state index is 8.92. The molecule has 0 spiro atoms. The summed E-state index contributed by atoms with van der Waals surface area (Å²) in [7, 11) is 1.66. The Kier molecular flexibility index (Phi) is 2.51. The largest absolute Gasteiger partial charge is 0.497 e. The Labute approximate surface area is 89.9 Å². The number of ether oxygens (including phenoxy) is 1. The van der Waals surface area contributed by atoms with Crippen LogP contribution in [0.25, 0.3) is 0 Å². The number of hydrogen-bond acceptors (Lipinski definition) is 3. The van der Waals surface area contributed by atoms with E-state index in [4.69, 9.17) is 10.00 Å². The molecule has 1 atom stereocenters. The topological polar surface area (TPSA) is 36.3 Å². The van der Waals surface area contributed by atoms with Gasteiger partial charge < -0.3 is 9.64 Å². The van der Waals surface area contributed by atoms with Gasteiger partial charge in [-0.25, -0.2) is 0 Å². The van der Waals surface area contributed by atoms with Gasteiger partial charge in [0, 0.05) is 18.3 Å².